The molecule has 112 valence electrons. The van der Waals surface area contributed by atoms with Crippen LogP contribution in [0.25, 0.3) is 0 Å². The third-order valence-electron chi connectivity index (χ3n) is 3.42. The highest BCUT2D eigenvalue weighted by Crippen LogP contribution is 2.34. The van der Waals surface area contributed by atoms with E-state index in [9.17, 15) is 16.8 Å². The Kier molecular flexibility index (Phi) is 4.44. The summed E-state index contributed by atoms with van der Waals surface area (Å²) < 4.78 is 49.0. The van der Waals surface area contributed by atoms with E-state index in [2.05, 4.69) is 0 Å². The summed E-state index contributed by atoms with van der Waals surface area (Å²) in [7, 11) is -6.80. The maximum absolute atomic E-state index is 12.3. The van der Waals surface area contributed by atoms with E-state index in [0.29, 0.717) is 10.6 Å². The molecule has 8 heteroatoms. The van der Waals surface area contributed by atoms with Crippen molar-refractivity contribution in [3.05, 3.63) is 34.9 Å². The smallest absolute Gasteiger partial charge is 0.211 e. The van der Waals surface area contributed by atoms with Crippen LogP contribution in [0.3, 0.4) is 0 Å². The minimum atomic E-state index is -3.42. The van der Waals surface area contributed by atoms with E-state index >= 15 is 0 Å². The summed E-state index contributed by atoms with van der Waals surface area (Å²) in [5, 5.41) is -0.350. The Labute approximate surface area is 124 Å². The summed E-state index contributed by atoms with van der Waals surface area (Å²) in [4.78, 5) is 0. The molecule has 1 saturated heterocycles. The molecule has 1 aromatic rings. The first-order valence-electron chi connectivity index (χ1n) is 6.13. The lowest BCUT2D eigenvalue weighted by Gasteiger charge is -2.17. The van der Waals surface area contributed by atoms with Gasteiger partial charge in [-0.1, -0.05) is 29.8 Å². The van der Waals surface area contributed by atoms with E-state index in [0.717, 1.165) is 6.26 Å². The van der Waals surface area contributed by atoms with Crippen LogP contribution in [0.4, 0.5) is 0 Å². The first-order valence-corrected chi connectivity index (χ1v) is 10.1. The van der Waals surface area contributed by atoms with E-state index in [1.165, 1.54) is 4.31 Å². The molecule has 0 amide bonds. The van der Waals surface area contributed by atoms with Gasteiger partial charge in [-0.15, -0.1) is 0 Å². The van der Waals surface area contributed by atoms with E-state index in [1.807, 2.05) is 0 Å². The lowest BCUT2D eigenvalue weighted by Crippen LogP contribution is -2.32. The molecule has 1 fully saturated rings. The van der Waals surface area contributed by atoms with Crippen molar-refractivity contribution >= 4 is 31.5 Å². The summed E-state index contributed by atoms with van der Waals surface area (Å²) in [6, 6.07) is 6.79. The van der Waals surface area contributed by atoms with Crippen molar-refractivity contribution < 1.29 is 16.8 Å². The number of nitrogens with zero attached hydrogens (tertiary/aromatic N) is 1. The zero-order chi connectivity index (χ0) is 15.0. The number of halogens is 1. The molecule has 1 atom stereocenters. The maximum atomic E-state index is 12.3. The summed E-state index contributed by atoms with van der Waals surface area (Å²) in [5.74, 6) is -0.185. The Hall–Kier alpha value is -0.630. The Bertz CT molecular complexity index is 700. The van der Waals surface area contributed by atoms with E-state index < -0.39 is 25.1 Å². The fourth-order valence-corrected chi connectivity index (χ4v) is 5.46. The summed E-state index contributed by atoms with van der Waals surface area (Å²) >= 11 is 6.07. The van der Waals surface area contributed by atoms with Crippen LogP contribution in [0.1, 0.15) is 17.2 Å². The molecular formula is C12H16ClNO4S2. The second kappa shape index (κ2) is 5.63. The van der Waals surface area contributed by atoms with E-state index in [1.54, 1.807) is 24.3 Å². The number of hydrogen-bond donors (Lipinski definition) is 0. The predicted octanol–water partition coefficient (Wildman–Crippen LogP) is 1.46. The van der Waals surface area contributed by atoms with Crippen LogP contribution in [0.5, 0.6) is 0 Å². The van der Waals surface area contributed by atoms with Gasteiger partial charge in [-0.2, -0.15) is 0 Å². The molecule has 2 rings (SSSR count). The Morgan fingerprint density at radius 1 is 1.25 bits per heavy atom. The van der Waals surface area contributed by atoms with Crippen molar-refractivity contribution in [1.82, 2.24) is 4.31 Å². The quantitative estimate of drug-likeness (QED) is 0.819. The van der Waals surface area contributed by atoms with Gasteiger partial charge in [0.15, 0.2) is 9.84 Å². The average Bonchev–Trinajstić information content (AvgIpc) is 2.48. The van der Waals surface area contributed by atoms with Crippen molar-refractivity contribution in [3.8, 4) is 0 Å². The monoisotopic (exact) mass is 337 g/mol. The third kappa shape index (κ3) is 3.33. The molecule has 0 saturated carbocycles. The van der Waals surface area contributed by atoms with Crippen LogP contribution < -0.4 is 0 Å². The van der Waals surface area contributed by atoms with Crippen LogP contribution >= 0.6 is 11.6 Å². The van der Waals surface area contributed by atoms with Gasteiger partial charge < -0.3 is 0 Å². The zero-order valence-corrected chi connectivity index (χ0v) is 13.4. The second-order valence-corrected chi connectivity index (χ2v) is 9.52. The van der Waals surface area contributed by atoms with Gasteiger partial charge in [-0.05, 0) is 18.1 Å². The molecule has 1 heterocycles. The van der Waals surface area contributed by atoms with Gasteiger partial charge in [0.1, 0.15) is 0 Å². The topological polar surface area (TPSA) is 71.5 Å². The number of hydrogen-bond acceptors (Lipinski definition) is 4. The first kappa shape index (κ1) is 15.8. The second-order valence-electron chi connectivity index (χ2n) is 4.83. The van der Waals surface area contributed by atoms with Crippen LogP contribution in [0, 0.1) is 0 Å². The summed E-state index contributed by atoms with van der Waals surface area (Å²) in [6.07, 6.45) is 1.31. The third-order valence-corrected chi connectivity index (χ3v) is 7.18. The standard InChI is InChI=1S/C12H16ClNO4S2/c1-19(15,16)14-7-6-12(20(17,18)9-8-14)10-4-2-3-5-11(10)13/h2-5,12H,6-9H2,1H3. The minimum Gasteiger partial charge on any atom is -0.228 e. The van der Waals surface area contributed by atoms with Gasteiger partial charge in [0.2, 0.25) is 10.0 Å². The van der Waals surface area contributed by atoms with Gasteiger partial charge in [0.05, 0.1) is 17.3 Å². The largest absolute Gasteiger partial charge is 0.228 e. The van der Waals surface area contributed by atoms with E-state index in [4.69, 9.17) is 11.6 Å². The van der Waals surface area contributed by atoms with Gasteiger partial charge in [-0.3, -0.25) is 0 Å². The van der Waals surface area contributed by atoms with Crippen molar-refractivity contribution in [2.45, 2.75) is 11.7 Å². The first-order chi connectivity index (χ1) is 9.22. The molecule has 0 aliphatic carbocycles. The minimum absolute atomic E-state index is 0.00210. The number of sulfonamides is 1. The molecule has 1 unspecified atom stereocenters. The van der Waals surface area contributed by atoms with Crippen molar-refractivity contribution in [2.75, 3.05) is 25.1 Å². The molecule has 1 aliphatic heterocycles. The maximum Gasteiger partial charge on any atom is 0.211 e. The highest BCUT2D eigenvalue weighted by Gasteiger charge is 2.34. The molecular weight excluding hydrogens is 322 g/mol. The van der Waals surface area contributed by atoms with Gasteiger partial charge in [0.25, 0.3) is 0 Å². The summed E-state index contributed by atoms with van der Waals surface area (Å²) in [5.41, 5.74) is 0.546. The highest BCUT2D eigenvalue weighted by atomic mass is 35.5. The van der Waals surface area contributed by atoms with Crippen molar-refractivity contribution in [3.63, 3.8) is 0 Å². The highest BCUT2D eigenvalue weighted by molar-refractivity contribution is 7.91. The molecule has 0 spiro atoms. The lowest BCUT2D eigenvalue weighted by molar-refractivity contribution is 0.432. The number of sulfone groups is 1. The Morgan fingerprint density at radius 3 is 2.50 bits per heavy atom. The number of rotatable bonds is 2. The van der Waals surface area contributed by atoms with Crippen LogP contribution in [-0.4, -0.2) is 46.2 Å². The molecule has 5 nitrogen and oxygen atoms in total. The summed E-state index contributed by atoms with van der Waals surface area (Å²) in [6.45, 7) is 0.191. The van der Waals surface area contributed by atoms with Crippen LogP contribution in [0.2, 0.25) is 5.02 Å². The zero-order valence-electron chi connectivity index (χ0n) is 11.0. The fourth-order valence-electron chi connectivity index (χ4n) is 2.34. The Balaban J connectivity index is 2.38. The molecule has 0 radical (unpaired) electrons. The Morgan fingerprint density at radius 2 is 1.90 bits per heavy atom. The lowest BCUT2D eigenvalue weighted by atomic mass is 10.1. The SMILES string of the molecule is CS(=O)(=O)N1CCC(c2ccccc2Cl)S(=O)(=O)CC1. The molecule has 0 aromatic heterocycles. The fraction of sp³-hybridized carbons (Fsp3) is 0.500. The molecule has 1 aromatic carbocycles. The predicted molar refractivity (Wildman–Crippen MR) is 79.0 cm³/mol. The van der Waals surface area contributed by atoms with Crippen LogP contribution in [-0.2, 0) is 19.9 Å². The average molecular weight is 338 g/mol. The van der Waals surface area contributed by atoms with Gasteiger partial charge in [0, 0.05) is 18.1 Å². The van der Waals surface area contributed by atoms with Crippen molar-refractivity contribution in [2.24, 2.45) is 0 Å². The molecule has 20 heavy (non-hydrogen) atoms. The van der Waals surface area contributed by atoms with Gasteiger partial charge in [-0.25, -0.2) is 21.1 Å². The molecule has 0 N–H and O–H groups in total. The molecule has 1 aliphatic rings. The van der Waals surface area contributed by atoms with Crippen molar-refractivity contribution in [1.29, 1.82) is 0 Å². The van der Waals surface area contributed by atoms with Gasteiger partial charge >= 0.3 is 0 Å². The normalized spacial score (nSPS) is 24.2. The number of benzene rings is 1. The van der Waals surface area contributed by atoms with Crippen LogP contribution in [0.15, 0.2) is 24.3 Å². The van der Waals surface area contributed by atoms with E-state index in [-0.39, 0.29) is 25.3 Å². The molecule has 0 bridgehead atoms.